The topological polar surface area (TPSA) is 134 Å². The molecule has 3 aromatic carbocycles. The number of benzene rings is 3. The standard InChI is InChI=1S/C24H17N3O7/c1-15-8-9-18(13-22(15)27(31)32)23-25-21(24(28)34-23)12-16-4-3-7-20(11-16)33-14-17-5-2-6-19(10-17)26(29)30/h2-13H,14H2,1H3/b21-12-. The van der Waals surface area contributed by atoms with Gasteiger partial charge < -0.3 is 9.47 Å². The summed E-state index contributed by atoms with van der Waals surface area (Å²) >= 11 is 0. The number of hydrogen-bond acceptors (Lipinski definition) is 8. The molecule has 0 saturated heterocycles. The van der Waals surface area contributed by atoms with Gasteiger partial charge in [-0.1, -0.05) is 30.3 Å². The maximum atomic E-state index is 12.3. The second-order valence-electron chi connectivity index (χ2n) is 7.38. The Labute approximate surface area is 193 Å². The molecule has 10 nitrogen and oxygen atoms in total. The van der Waals surface area contributed by atoms with E-state index in [4.69, 9.17) is 9.47 Å². The van der Waals surface area contributed by atoms with Crippen LogP contribution >= 0.6 is 0 Å². The Morgan fingerprint density at radius 2 is 1.79 bits per heavy atom. The van der Waals surface area contributed by atoms with Gasteiger partial charge in [-0.3, -0.25) is 20.2 Å². The first-order valence-corrected chi connectivity index (χ1v) is 10.0. The van der Waals surface area contributed by atoms with Crippen LogP contribution in [-0.2, 0) is 16.1 Å². The summed E-state index contributed by atoms with van der Waals surface area (Å²) in [5.74, 6) is -0.204. The van der Waals surface area contributed by atoms with E-state index in [1.165, 1.54) is 24.3 Å². The average molecular weight is 459 g/mol. The molecule has 1 aliphatic rings. The summed E-state index contributed by atoms with van der Waals surface area (Å²) < 4.78 is 10.9. The number of nitro benzene ring substituents is 2. The van der Waals surface area contributed by atoms with Gasteiger partial charge in [-0.25, -0.2) is 9.79 Å². The molecule has 0 unspecified atom stereocenters. The van der Waals surface area contributed by atoms with Gasteiger partial charge in [0, 0.05) is 29.3 Å². The number of nitro groups is 2. The van der Waals surface area contributed by atoms with E-state index in [1.54, 1.807) is 55.5 Å². The molecule has 3 aromatic rings. The lowest BCUT2D eigenvalue weighted by Crippen LogP contribution is -2.06. The highest BCUT2D eigenvalue weighted by Gasteiger charge is 2.26. The van der Waals surface area contributed by atoms with Crippen LogP contribution in [0.1, 0.15) is 22.3 Å². The lowest BCUT2D eigenvalue weighted by atomic mass is 10.1. The number of aryl methyl sites for hydroxylation is 1. The van der Waals surface area contributed by atoms with Gasteiger partial charge in [-0.15, -0.1) is 0 Å². The molecule has 0 fully saturated rings. The number of esters is 1. The molecule has 0 amide bonds. The van der Waals surface area contributed by atoms with E-state index < -0.39 is 15.8 Å². The van der Waals surface area contributed by atoms with Gasteiger partial charge in [-0.2, -0.15) is 0 Å². The number of carbonyl (C=O) groups is 1. The van der Waals surface area contributed by atoms with E-state index in [-0.39, 0.29) is 29.6 Å². The van der Waals surface area contributed by atoms with Crippen molar-refractivity contribution >= 4 is 29.3 Å². The Hall–Kier alpha value is -4.86. The molecule has 0 spiro atoms. The highest BCUT2D eigenvalue weighted by Crippen LogP contribution is 2.25. The van der Waals surface area contributed by atoms with Crippen molar-refractivity contribution in [2.24, 2.45) is 4.99 Å². The summed E-state index contributed by atoms with van der Waals surface area (Å²) in [5.41, 5.74) is 1.98. The van der Waals surface area contributed by atoms with Crippen LogP contribution in [0, 0.1) is 27.2 Å². The van der Waals surface area contributed by atoms with Crippen molar-refractivity contribution in [1.29, 1.82) is 0 Å². The molecule has 0 aromatic heterocycles. The molecule has 0 radical (unpaired) electrons. The second-order valence-corrected chi connectivity index (χ2v) is 7.38. The summed E-state index contributed by atoms with van der Waals surface area (Å²) in [6.45, 7) is 1.74. The molecular weight excluding hydrogens is 442 g/mol. The molecule has 0 bridgehead atoms. The zero-order chi connectivity index (χ0) is 24.2. The van der Waals surface area contributed by atoms with Crippen molar-refractivity contribution in [2.45, 2.75) is 13.5 Å². The number of non-ortho nitro benzene ring substituents is 1. The molecule has 0 N–H and O–H groups in total. The third kappa shape index (κ3) is 4.96. The number of ether oxygens (including phenoxy) is 2. The molecule has 34 heavy (non-hydrogen) atoms. The minimum Gasteiger partial charge on any atom is -0.489 e. The van der Waals surface area contributed by atoms with Crippen LogP contribution in [0.25, 0.3) is 6.08 Å². The summed E-state index contributed by atoms with van der Waals surface area (Å²) in [7, 11) is 0. The molecule has 1 aliphatic heterocycles. The number of carbonyl (C=O) groups excluding carboxylic acids is 1. The van der Waals surface area contributed by atoms with Crippen LogP contribution in [0.4, 0.5) is 11.4 Å². The minimum atomic E-state index is -0.679. The van der Waals surface area contributed by atoms with Crippen molar-refractivity contribution in [1.82, 2.24) is 0 Å². The Kier molecular flexibility index (Phi) is 6.13. The molecule has 10 heteroatoms. The zero-order valence-corrected chi connectivity index (χ0v) is 17.8. The quantitative estimate of drug-likeness (QED) is 0.216. The van der Waals surface area contributed by atoms with E-state index >= 15 is 0 Å². The van der Waals surface area contributed by atoms with Crippen molar-refractivity contribution in [3.05, 3.63) is 115 Å². The fourth-order valence-electron chi connectivity index (χ4n) is 3.25. The summed E-state index contributed by atoms with van der Waals surface area (Å²) in [4.78, 5) is 37.6. The van der Waals surface area contributed by atoms with E-state index in [2.05, 4.69) is 4.99 Å². The van der Waals surface area contributed by atoms with Gasteiger partial charge in [0.25, 0.3) is 11.4 Å². The van der Waals surface area contributed by atoms with Crippen LogP contribution in [0.15, 0.2) is 77.4 Å². The van der Waals surface area contributed by atoms with E-state index in [1.807, 2.05) is 0 Å². The third-order valence-corrected chi connectivity index (χ3v) is 4.96. The summed E-state index contributed by atoms with van der Waals surface area (Å²) in [5, 5.41) is 22.1. The Balaban J connectivity index is 1.52. The lowest BCUT2D eigenvalue weighted by Gasteiger charge is -2.07. The van der Waals surface area contributed by atoms with Crippen molar-refractivity contribution < 1.29 is 24.1 Å². The SMILES string of the molecule is Cc1ccc(C2=N/C(=C\c3cccc(OCc4cccc([N+](=O)[O-])c4)c3)C(=O)O2)cc1[N+](=O)[O-]. The summed E-state index contributed by atoms with van der Waals surface area (Å²) in [6, 6.07) is 17.5. The van der Waals surface area contributed by atoms with Crippen molar-refractivity contribution in [3.8, 4) is 5.75 Å². The molecule has 170 valence electrons. The van der Waals surface area contributed by atoms with Crippen molar-refractivity contribution in [3.63, 3.8) is 0 Å². The molecule has 0 atom stereocenters. The fraction of sp³-hybridized carbons (Fsp3) is 0.0833. The molecule has 1 heterocycles. The fourth-order valence-corrected chi connectivity index (χ4v) is 3.25. The predicted octanol–water partition coefficient (Wildman–Crippen LogP) is 4.73. The van der Waals surface area contributed by atoms with Crippen LogP contribution in [0.2, 0.25) is 0 Å². The summed E-state index contributed by atoms with van der Waals surface area (Å²) in [6.07, 6.45) is 1.51. The number of rotatable bonds is 7. The Bertz CT molecular complexity index is 1380. The van der Waals surface area contributed by atoms with Crippen molar-refractivity contribution in [2.75, 3.05) is 0 Å². The highest BCUT2D eigenvalue weighted by molar-refractivity contribution is 6.13. The molecule has 0 saturated carbocycles. The average Bonchev–Trinajstić information content (AvgIpc) is 3.18. The Morgan fingerprint density at radius 1 is 1.00 bits per heavy atom. The maximum Gasteiger partial charge on any atom is 0.363 e. The van der Waals surface area contributed by atoms with Gasteiger partial charge in [0.05, 0.1) is 9.85 Å². The smallest absolute Gasteiger partial charge is 0.363 e. The third-order valence-electron chi connectivity index (χ3n) is 4.96. The number of aliphatic imine (C=N–C) groups is 1. The van der Waals surface area contributed by atoms with E-state index in [0.29, 0.717) is 28.0 Å². The van der Waals surface area contributed by atoms with Crippen LogP contribution in [-0.4, -0.2) is 21.7 Å². The lowest BCUT2D eigenvalue weighted by molar-refractivity contribution is -0.385. The minimum absolute atomic E-state index is 0.0163. The van der Waals surface area contributed by atoms with Crippen LogP contribution < -0.4 is 4.74 Å². The van der Waals surface area contributed by atoms with E-state index in [9.17, 15) is 25.0 Å². The first-order valence-electron chi connectivity index (χ1n) is 10.0. The Morgan fingerprint density at radius 3 is 2.56 bits per heavy atom. The first-order chi connectivity index (χ1) is 16.3. The number of nitrogens with zero attached hydrogens (tertiary/aromatic N) is 3. The molecular formula is C24H17N3O7. The van der Waals surface area contributed by atoms with Crippen LogP contribution in [0.3, 0.4) is 0 Å². The van der Waals surface area contributed by atoms with Gasteiger partial charge in [0.15, 0.2) is 5.70 Å². The highest BCUT2D eigenvalue weighted by atomic mass is 16.6. The molecule has 4 rings (SSSR count). The van der Waals surface area contributed by atoms with Crippen LogP contribution in [0.5, 0.6) is 5.75 Å². The van der Waals surface area contributed by atoms with Gasteiger partial charge >= 0.3 is 5.97 Å². The van der Waals surface area contributed by atoms with Gasteiger partial charge in [-0.05, 0) is 42.3 Å². The van der Waals surface area contributed by atoms with Gasteiger partial charge in [0.2, 0.25) is 5.90 Å². The number of cyclic esters (lactones) is 1. The zero-order valence-electron chi connectivity index (χ0n) is 17.8. The second kappa shape index (κ2) is 9.33. The predicted molar refractivity (Wildman–Crippen MR) is 122 cm³/mol. The normalized spacial score (nSPS) is 14.0. The maximum absolute atomic E-state index is 12.3. The molecule has 0 aliphatic carbocycles. The van der Waals surface area contributed by atoms with E-state index in [0.717, 1.165) is 0 Å². The first kappa shape index (κ1) is 22.3. The number of hydrogen-bond donors (Lipinski definition) is 0. The van der Waals surface area contributed by atoms with Gasteiger partial charge in [0.1, 0.15) is 12.4 Å². The monoisotopic (exact) mass is 459 g/mol. The largest absolute Gasteiger partial charge is 0.489 e.